The summed E-state index contributed by atoms with van der Waals surface area (Å²) >= 11 is 0. The van der Waals surface area contributed by atoms with Gasteiger partial charge in [-0.15, -0.1) is 0 Å². The molecule has 0 bridgehead atoms. The molecule has 2 heterocycles. The number of anilines is 1. The quantitative estimate of drug-likeness (QED) is 0.803. The Bertz CT molecular complexity index is 442. The minimum Gasteiger partial charge on any atom is -0.478 e. The van der Waals surface area contributed by atoms with Crippen molar-refractivity contribution < 1.29 is 14.3 Å². The molecule has 116 valence electrons. The maximum atomic E-state index is 11.2. The smallest absolute Gasteiger partial charge is 0.319 e. The summed E-state index contributed by atoms with van der Waals surface area (Å²) in [6.45, 7) is 4.75. The van der Waals surface area contributed by atoms with Crippen molar-refractivity contribution in [1.82, 2.24) is 9.88 Å². The highest BCUT2D eigenvalue weighted by molar-refractivity contribution is 5.71. The van der Waals surface area contributed by atoms with Crippen LogP contribution in [0.2, 0.25) is 0 Å². The molecule has 0 aliphatic carbocycles. The van der Waals surface area contributed by atoms with E-state index in [0.29, 0.717) is 25.1 Å². The van der Waals surface area contributed by atoms with Crippen LogP contribution < -0.4 is 10.1 Å². The molecule has 0 atom stereocenters. The molecule has 0 amide bonds. The molecule has 0 aromatic carbocycles. The lowest BCUT2D eigenvalue weighted by atomic mass is 10.0. The maximum absolute atomic E-state index is 11.2. The summed E-state index contributed by atoms with van der Waals surface area (Å²) in [5.74, 6) is 0.480. The van der Waals surface area contributed by atoms with Crippen LogP contribution in [-0.4, -0.2) is 55.2 Å². The Labute approximate surface area is 125 Å². The summed E-state index contributed by atoms with van der Waals surface area (Å²) in [6, 6.07) is 4.27. The number of methoxy groups -OCH3 is 1. The number of ether oxygens (including phenoxy) is 2. The van der Waals surface area contributed by atoms with Crippen LogP contribution in [0.3, 0.4) is 0 Å². The molecule has 1 saturated heterocycles. The molecule has 6 nitrogen and oxygen atoms in total. The van der Waals surface area contributed by atoms with Gasteiger partial charge in [-0.05, 0) is 25.8 Å². The molecule has 0 radical (unpaired) electrons. The second kappa shape index (κ2) is 7.83. The van der Waals surface area contributed by atoms with Crippen molar-refractivity contribution in [3.63, 3.8) is 0 Å². The van der Waals surface area contributed by atoms with E-state index >= 15 is 0 Å². The molecule has 1 N–H and O–H groups in total. The van der Waals surface area contributed by atoms with Crippen LogP contribution in [-0.2, 0) is 9.53 Å². The van der Waals surface area contributed by atoms with E-state index in [2.05, 4.69) is 15.2 Å². The SMILES string of the molecule is CCOc1ccc(NC2CCN(CC(=O)OC)CC2)cn1. The van der Waals surface area contributed by atoms with Gasteiger partial charge in [0.15, 0.2) is 0 Å². The molecule has 0 unspecified atom stereocenters. The Morgan fingerprint density at radius 1 is 1.43 bits per heavy atom. The van der Waals surface area contributed by atoms with Crippen molar-refractivity contribution >= 4 is 11.7 Å². The molecule has 0 spiro atoms. The van der Waals surface area contributed by atoms with Crippen molar-refractivity contribution in [3.8, 4) is 5.88 Å². The van der Waals surface area contributed by atoms with Crippen molar-refractivity contribution in [1.29, 1.82) is 0 Å². The fraction of sp³-hybridized carbons (Fsp3) is 0.600. The minimum atomic E-state index is -0.169. The number of pyridine rings is 1. The molecular weight excluding hydrogens is 270 g/mol. The Balaban J connectivity index is 1.76. The first-order valence-electron chi connectivity index (χ1n) is 7.35. The highest BCUT2D eigenvalue weighted by atomic mass is 16.5. The second-order valence-corrected chi connectivity index (χ2v) is 5.09. The summed E-state index contributed by atoms with van der Waals surface area (Å²) < 4.78 is 10.0. The number of nitrogens with zero attached hydrogens (tertiary/aromatic N) is 2. The molecule has 0 saturated carbocycles. The van der Waals surface area contributed by atoms with Gasteiger partial charge in [0, 0.05) is 25.2 Å². The zero-order valence-electron chi connectivity index (χ0n) is 12.7. The van der Waals surface area contributed by atoms with Crippen molar-refractivity contribution in [3.05, 3.63) is 18.3 Å². The number of aromatic nitrogens is 1. The number of carbonyl (C=O) groups is 1. The van der Waals surface area contributed by atoms with Gasteiger partial charge in [-0.1, -0.05) is 0 Å². The Morgan fingerprint density at radius 2 is 2.19 bits per heavy atom. The molecular formula is C15H23N3O3. The Hall–Kier alpha value is -1.82. The highest BCUT2D eigenvalue weighted by Crippen LogP contribution is 2.17. The summed E-state index contributed by atoms with van der Waals surface area (Å²) in [5, 5.41) is 3.48. The van der Waals surface area contributed by atoms with Gasteiger partial charge in [0.1, 0.15) is 0 Å². The summed E-state index contributed by atoms with van der Waals surface area (Å²) in [4.78, 5) is 17.6. The zero-order valence-corrected chi connectivity index (χ0v) is 12.7. The molecule has 6 heteroatoms. The van der Waals surface area contributed by atoms with E-state index in [9.17, 15) is 4.79 Å². The standard InChI is InChI=1S/C15H23N3O3/c1-3-21-14-5-4-13(10-16-14)17-12-6-8-18(9-7-12)11-15(19)20-2/h4-5,10,12,17H,3,6-9,11H2,1-2H3. The number of rotatable bonds is 6. The number of nitrogens with one attached hydrogen (secondary N) is 1. The Kier molecular flexibility index (Phi) is 5.80. The van der Waals surface area contributed by atoms with E-state index < -0.39 is 0 Å². The van der Waals surface area contributed by atoms with Crippen LogP contribution in [0.15, 0.2) is 18.3 Å². The largest absolute Gasteiger partial charge is 0.478 e. The van der Waals surface area contributed by atoms with Gasteiger partial charge in [0.25, 0.3) is 0 Å². The molecule has 21 heavy (non-hydrogen) atoms. The Morgan fingerprint density at radius 3 is 2.76 bits per heavy atom. The van der Waals surface area contributed by atoms with E-state index in [4.69, 9.17) is 9.47 Å². The third-order valence-corrected chi connectivity index (χ3v) is 3.57. The van der Waals surface area contributed by atoms with Gasteiger partial charge in [-0.3, -0.25) is 9.69 Å². The fourth-order valence-electron chi connectivity index (χ4n) is 2.42. The molecule has 1 aromatic heterocycles. The lowest BCUT2D eigenvalue weighted by Gasteiger charge is -2.31. The molecule has 1 aliphatic heterocycles. The number of esters is 1. The predicted molar refractivity (Wildman–Crippen MR) is 80.5 cm³/mol. The first kappa shape index (κ1) is 15.6. The fourth-order valence-corrected chi connectivity index (χ4v) is 2.42. The van der Waals surface area contributed by atoms with Crippen molar-refractivity contribution in [2.24, 2.45) is 0 Å². The number of piperidine rings is 1. The van der Waals surface area contributed by atoms with E-state index in [0.717, 1.165) is 31.6 Å². The predicted octanol–water partition coefficient (Wildman–Crippen LogP) is 1.53. The van der Waals surface area contributed by atoms with Gasteiger partial charge in [-0.2, -0.15) is 0 Å². The third-order valence-electron chi connectivity index (χ3n) is 3.57. The van der Waals surface area contributed by atoms with E-state index in [1.54, 1.807) is 6.20 Å². The number of carbonyl (C=O) groups excluding carboxylic acids is 1. The summed E-state index contributed by atoms with van der Waals surface area (Å²) in [7, 11) is 1.43. The van der Waals surface area contributed by atoms with Gasteiger partial charge in [0.2, 0.25) is 5.88 Å². The van der Waals surface area contributed by atoms with Gasteiger partial charge >= 0.3 is 5.97 Å². The number of hydrogen-bond donors (Lipinski definition) is 1. The van der Waals surface area contributed by atoms with E-state index in [1.165, 1.54) is 7.11 Å². The highest BCUT2D eigenvalue weighted by Gasteiger charge is 2.20. The lowest BCUT2D eigenvalue weighted by Crippen LogP contribution is -2.41. The third kappa shape index (κ3) is 4.90. The summed E-state index contributed by atoms with van der Waals surface area (Å²) in [6.07, 6.45) is 3.81. The van der Waals surface area contributed by atoms with Crippen LogP contribution in [0.25, 0.3) is 0 Å². The van der Waals surface area contributed by atoms with Crippen LogP contribution in [0.1, 0.15) is 19.8 Å². The lowest BCUT2D eigenvalue weighted by molar-refractivity contribution is -0.142. The van der Waals surface area contributed by atoms with Gasteiger partial charge in [0.05, 0.1) is 32.1 Å². The van der Waals surface area contributed by atoms with E-state index in [1.807, 2.05) is 19.1 Å². The first-order valence-corrected chi connectivity index (χ1v) is 7.35. The number of hydrogen-bond acceptors (Lipinski definition) is 6. The van der Waals surface area contributed by atoms with Crippen molar-refractivity contribution in [2.75, 3.05) is 38.7 Å². The van der Waals surface area contributed by atoms with Crippen LogP contribution in [0.4, 0.5) is 5.69 Å². The normalized spacial score (nSPS) is 16.5. The van der Waals surface area contributed by atoms with Crippen LogP contribution >= 0.6 is 0 Å². The molecule has 1 aromatic rings. The zero-order chi connectivity index (χ0) is 15.1. The average molecular weight is 293 g/mol. The summed E-state index contributed by atoms with van der Waals surface area (Å²) in [5.41, 5.74) is 1.00. The molecule has 1 fully saturated rings. The van der Waals surface area contributed by atoms with E-state index in [-0.39, 0.29) is 5.97 Å². The molecule has 2 rings (SSSR count). The van der Waals surface area contributed by atoms with Crippen molar-refractivity contribution in [2.45, 2.75) is 25.8 Å². The average Bonchev–Trinajstić information content (AvgIpc) is 2.51. The van der Waals surface area contributed by atoms with Crippen LogP contribution in [0, 0.1) is 0 Å². The molecule has 1 aliphatic rings. The maximum Gasteiger partial charge on any atom is 0.319 e. The number of likely N-dealkylation sites (tertiary alicyclic amines) is 1. The van der Waals surface area contributed by atoms with Gasteiger partial charge < -0.3 is 14.8 Å². The topological polar surface area (TPSA) is 63.7 Å². The monoisotopic (exact) mass is 293 g/mol. The first-order chi connectivity index (χ1) is 10.2. The van der Waals surface area contributed by atoms with Gasteiger partial charge in [-0.25, -0.2) is 4.98 Å². The second-order valence-electron chi connectivity index (χ2n) is 5.09. The minimum absolute atomic E-state index is 0.169. The van der Waals surface area contributed by atoms with Crippen LogP contribution in [0.5, 0.6) is 5.88 Å².